The van der Waals surface area contributed by atoms with Crippen LogP contribution in [0.25, 0.3) is 0 Å². The molecule has 0 spiro atoms. The van der Waals surface area contributed by atoms with Crippen LogP contribution in [0.1, 0.15) is 53.2 Å². The average Bonchev–Trinajstić information content (AvgIpc) is 3.26. The highest BCUT2D eigenvalue weighted by Crippen LogP contribution is 2.59. The van der Waals surface area contributed by atoms with Crippen LogP contribution in [0.5, 0.6) is 0 Å². The SMILES string of the molecule is CCC(C)(CC1OC(n2cc3c(nc2=S)NCN3)C(O)C1O)OP(=O)(O)C(C)(O)CC. The van der Waals surface area contributed by atoms with E-state index < -0.39 is 43.1 Å². The first-order chi connectivity index (χ1) is 14.3. The van der Waals surface area contributed by atoms with Gasteiger partial charge in [-0.2, -0.15) is 0 Å². The molecule has 6 N–H and O–H groups in total. The van der Waals surface area contributed by atoms with Crippen molar-refractivity contribution in [3.63, 3.8) is 0 Å². The van der Waals surface area contributed by atoms with Crippen molar-refractivity contribution in [1.82, 2.24) is 9.55 Å². The lowest BCUT2D eigenvalue weighted by molar-refractivity contribution is -0.0707. The van der Waals surface area contributed by atoms with Crippen LogP contribution >= 0.6 is 19.8 Å². The Kier molecular flexibility index (Phi) is 6.87. The molecule has 2 aliphatic rings. The highest BCUT2D eigenvalue weighted by molar-refractivity contribution is 7.71. The summed E-state index contributed by atoms with van der Waals surface area (Å²) in [5.74, 6) is 0.597. The van der Waals surface area contributed by atoms with Crippen LogP contribution in [0.15, 0.2) is 6.20 Å². The Labute approximate surface area is 186 Å². The zero-order valence-corrected chi connectivity index (χ0v) is 19.7. The molecule has 3 heterocycles. The maximum absolute atomic E-state index is 12.7. The minimum absolute atomic E-state index is 0.00800. The van der Waals surface area contributed by atoms with Crippen molar-refractivity contribution < 1.29 is 34.0 Å². The van der Waals surface area contributed by atoms with Crippen molar-refractivity contribution in [2.45, 2.75) is 82.4 Å². The van der Waals surface area contributed by atoms with Crippen LogP contribution in [0.3, 0.4) is 0 Å². The largest absolute Gasteiger partial charge is 0.388 e. The minimum atomic E-state index is -4.41. The van der Waals surface area contributed by atoms with Gasteiger partial charge in [-0.3, -0.25) is 9.13 Å². The Morgan fingerprint density at radius 3 is 2.61 bits per heavy atom. The molecule has 1 saturated heterocycles. The van der Waals surface area contributed by atoms with E-state index in [-0.39, 0.29) is 17.6 Å². The Balaban J connectivity index is 1.81. The Morgan fingerprint density at radius 1 is 1.32 bits per heavy atom. The fourth-order valence-corrected chi connectivity index (χ4v) is 5.18. The van der Waals surface area contributed by atoms with Crippen LogP contribution in [0.2, 0.25) is 0 Å². The summed E-state index contributed by atoms with van der Waals surface area (Å²) in [6, 6.07) is 0. The van der Waals surface area contributed by atoms with E-state index in [1.807, 2.05) is 0 Å². The maximum Gasteiger partial charge on any atom is 0.359 e. The molecule has 0 aromatic carbocycles. The van der Waals surface area contributed by atoms with E-state index in [0.29, 0.717) is 24.6 Å². The van der Waals surface area contributed by atoms with Crippen molar-refractivity contribution in [2.24, 2.45) is 0 Å². The summed E-state index contributed by atoms with van der Waals surface area (Å²) in [6.45, 7) is 6.69. The molecular formula is C18H31N4O7PS. The predicted molar refractivity (Wildman–Crippen MR) is 116 cm³/mol. The molecular weight excluding hydrogens is 447 g/mol. The Hall–Kier alpha value is -1.11. The van der Waals surface area contributed by atoms with Crippen LogP contribution in [-0.4, -0.2) is 65.7 Å². The van der Waals surface area contributed by atoms with Gasteiger partial charge < -0.3 is 40.1 Å². The number of hydrogen-bond donors (Lipinski definition) is 6. The van der Waals surface area contributed by atoms with Crippen molar-refractivity contribution in [1.29, 1.82) is 0 Å². The monoisotopic (exact) mass is 478 g/mol. The van der Waals surface area contributed by atoms with Crippen molar-refractivity contribution in [3.05, 3.63) is 11.0 Å². The smallest absolute Gasteiger partial charge is 0.359 e. The van der Waals surface area contributed by atoms with Gasteiger partial charge in [-0.25, -0.2) is 4.98 Å². The summed E-state index contributed by atoms with van der Waals surface area (Å²) in [5.41, 5.74) is -0.514. The van der Waals surface area contributed by atoms with Crippen LogP contribution in [0, 0.1) is 4.77 Å². The van der Waals surface area contributed by atoms with E-state index in [9.17, 15) is 24.8 Å². The number of aliphatic hydroxyl groups excluding tert-OH is 2. The number of rotatable bonds is 8. The maximum atomic E-state index is 12.7. The second-order valence-electron chi connectivity index (χ2n) is 8.46. The predicted octanol–water partition coefficient (Wildman–Crippen LogP) is 1.91. The van der Waals surface area contributed by atoms with Gasteiger partial charge in [0.2, 0.25) is 4.77 Å². The van der Waals surface area contributed by atoms with Gasteiger partial charge in [-0.05, 0) is 38.9 Å². The second kappa shape index (κ2) is 8.68. The third kappa shape index (κ3) is 4.67. The number of anilines is 2. The van der Waals surface area contributed by atoms with Gasteiger partial charge >= 0.3 is 7.60 Å². The van der Waals surface area contributed by atoms with Gasteiger partial charge in [0, 0.05) is 12.6 Å². The molecule has 7 unspecified atom stereocenters. The van der Waals surface area contributed by atoms with Crippen molar-refractivity contribution >= 4 is 31.3 Å². The molecule has 0 saturated carbocycles. The third-order valence-corrected chi connectivity index (χ3v) is 8.63. The molecule has 176 valence electrons. The number of aromatic nitrogens is 2. The lowest BCUT2D eigenvalue weighted by Gasteiger charge is -2.37. The van der Waals surface area contributed by atoms with Crippen LogP contribution in [-0.2, 0) is 13.8 Å². The van der Waals surface area contributed by atoms with Gasteiger partial charge in [-0.1, -0.05) is 13.8 Å². The van der Waals surface area contributed by atoms with Gasteiger partial charge in [0.05, 0.1) is 24.1 Å². The number of aliphatic hydroxyl groups is 3. The number of nitrogens with zero attached hydrogens (tertiary/aromatic N) is 2. The first-order valence-corrected chi connectivity index (χ1v) is 12.2. The third-order valence-electron chi connectivity index (χ3n) is 6.10. The molecule has 0 aliphatic carbocycles. The van der Waals surface area contributed by atoms with E-state index in [4.69, 9.17) is 21.5 Å². The topological polar surface area (TPSA) is 158 Å². The van der Waals surface area contributed by atoms with E-state index in [0.717, 1.165) is 0 Å². The molecule has 1 aromatic rings. The van der Waals surface area contributed by atoms with Crippen LogP contribution in [0.4, 0.5) is 11.5 Å². The zero-order valence-electron chi connectivity index (χ0n) is 18.0. The van der Waals surface area contributed by atoms with Gasteiger partial charge in [0.25, 0.3) is 0 Å². The van der Waals surface area contributed by atoms with Gasteiger partial charge in [0.1, 0.15) is 12.2 Å². The van der Waals surface area contributed by atoms with E-state index in [1.165, 1.54) is 11.5 Å². The van der Waals surface area contributed by atoms with Crippen molar-refractivity contribution in [2.75, 3.05) is 17.3 Å². The zero-order chi connectivity index (χ0) is 23.2. The molecule has 3 rings (SSSR count). The molecule has 31 heavy (non-hydrogen) atoms. The molecule has 13 heteroatoms. The van der Waals surface area contributed by atoms with Gasteiger partial charge in [0.15, 0.2) is 17.4 Å². The highest BCUT2D eigenvalue weighted by atomic mass is 32.1. The molecule has 1 fully saturated rings. The Bertz CT molecular complexity index is 929. The molecule has 1 aromatic heterocycles. The molecule has 0 bridgehead atoms. The summed E-state index contributed by atoms with van der Waals surface area (Å²) < 4.78 is 25.8. The summed E-state index contributed by atoms with van der Waals surface area (Å²) in [5, 5.41) is 35.7. The summed E-state index contributed by atoms with van der Waals surface area (Å²) in [7, 11) is -4.41. The van der Waals surface area contributed by atoms with E-state index in [1.54, 1.807) is 27.0 Å². The number of ether oxygens (including phenoxy) is 1. The molecule has 11 nitrogen and oxygen atoms in total. The lowest BCUT2D eigenvalue weighted by atomic mass is 9.93. The molecule has 0 radical (unpaired) electrons. The first-order valence-electron chi connectivity index (χ1n) is 10.2. The van der Waals surface area contributed by atoms with E-state index in [2.05, 4.69) is 15.6 Å². The standard InChI is InChI=1S/C18H31N4O7PS/c1-5-17(3,29-30(26,27)18(4,25)6-2)7-11-12(23)13(24)15(28-11)22-8-10-14(20-9-19-10)21-16(22)31/h8,11-13,15,19,23-25H,5-7,9H2,1-4H3,(H,26,27)(H,20,21,31). The summed E-state index contributed by atoms with van der Waals surface area (Å²) in [6.07, 6.45) is -2.49. The molecule has 0 amide bonds. The number of hydrogen-bond acceptors (Lipinski definition) is 10. The Morgan fingerprint density at radius 2 is 2.00 bits per heavy atom. The fraction of sp³-hybridized carbons (Fsp3) is 0.778. The summed E-state index contributed by atoms with van der Waals surface area (Å²) in [4.78, 5) is 14.6. The lowest BCUT2D eigenvalue weighted by Crippen LogP contribution is -2.40. The molecule has 2 aliphatic heterocycles. The van der Waals surface area contributed by atoms with E-state index >= 15 is 0 Å². The fourth-order valence-electron chi connectivity index (χ4n) is 3.53. The minimum Gasteiger partial charge on any atom is -0.388 e. The average molecular weight is 479 g/mol. The number of nitrogens with one attached hydrogen (secondary N) is 2. The molecule has 7 atom stereocenters. The normalized spacial score (nSPS) is 31.1. The summed E-state index contributed by atoms with van der Waals surface area (Å²) >= 11 is 5.31. The second-order valence-corrected chi connectivity index (χ2v) is 11.0. The number of fused-ring (bicyclic) bond motifs is 1. The van der Waals surface area contributed by atoms with Crippen molar-refractivity contribution in [3.8, 4) is 0 Å². The highest BCUT2D eigenvalue weighted by Gasteiger charge is 2.50. The first kappa shape index (κ1) is 24.5. The van der Waals surface area contributed by atoms with Gasteiger partial charge in [-0.15, -0.1) is 0 Å². The quantitative estimate of drug-likeness (QED) is 0.239. The van der Waals surface area contributed by atoms with Crippen LogP contribution < -0.4 is 10.6 Å².